The van der Waals surface area contributed by atoms with Gasteiger partial charge in [0.25, 0.3) is 0 Å². The zero-order valence-corrected chi connectivity index (χ0v) is 8.61. The van der Waals surface area contributed by atoms with Crippen LogP contribution in [0.25, 0.3) is 0 Å². The van der Waals surface area contributed by atoms with E-state index >= 15 is 0 Å². The molecule has 2 rings (SSSR count). The Hall–Kier alpha value is -1.29. The molecule has 1 amide bonds. The Labute approximate surface area is 88.8 Å². The summed E-state index contributed by atoms with van der Waals surface area (Å²) in [4.78, 5) is 11.7. The monoisotopic (exact) mass is 208 g/mol. The van der Waals surface area contributed by atoms with Gasteiger partial charge in [-0.2, -0.15) is 0 Å². The number of amides is 1. The van der Waals surface area contributed by atoms with Gasteiger partial charge in [-0.05, 0) is 25.3 Å². The summed E-state index contributed by atoms with van der Waals surface area (Å²) in [7, 11) is 0. The normalized spacial score (nSPS) is 25.4. The van der Waals surface area contributed by atoms with Crippen molar-refractivity contribution in [1.82, 2.24) is 5.32 Å². The number of nitrogens with two attached hydrogens (primary N) is 1. The van der Waals surface area contributed by atoms with Gasteiger partial charge in [-0.15, -0.1) is 0 Å². The molecule has 2 unspecified atom stereocenters. The lowest BCUT2D eigenvalue weighted by Crippen LogP contribution is -2.29. The molecule has 4 heteroatoms. The lowest BCUT2D eigenvalue weighted by Gasteiger charge is -2.09. The average Bonchev–Trinajstić information content (AvgIpc) is 2.84. The third-order valence-electron chi connectivity index (χ3n) is 2.89. The van der Waals surface area contributed by atoms with Crippen molar-refractivity contribution in [3.8, 4) is 0 Å². The zero-order chi connectivity index (χ0) is 10.7. The molecule has 0 radical (unpaired) electrons. The fraction of sp³-hybridized carbons (Fsp3) is 0.545. The van der Waals surface area contributed by atoms with E-state index in [0.717, 1.165) is 24.8 Å². The van der Waals surface area contributed by atoms with Gasteiger partial charge in [0.15, 0.2) is 0 Å². The Morgan fingerprint density at radius 1 is 1.60 bits per heavy atom. The van der Waals surface area contributed by atoms with Crippen molar-refractivity contribution >= 4 is 5.91 Å². The van der Waals surface area contributed by atoms with E-state index in [-0.39, 0.29) is 17.9 Å². The highest BCUT2D eigenvalue weighted by Gasteiger charge is 2.27. The Morgan fingerprint density at radius 3 is 3.07 bits per heavy atom. The number of nitrogens with one attached hydrogen (secondary N) is 1. The smallest absolute Gasteiger partial charge is 0.223 e. The highest BCUT2D eigenvalue weighted by molar-refractivity contribution is 5.78. The molecule has 1 aliphatic carbocycles. The Morgan fingerprint density at radius 2 is 2.47 bits per heavy atom. The fourth-order valence-electron chi connectivity index (χ4n) is 1.98. The van der Waals surface area contributed by atoms with E-state index in [1.807, 2.05) is 6.07 Å². The van der Waals surface area contributed by atoms with Crippen molar-refractivity contribution in [2.45, 2.75) is 31.8 Å². The minimum atomic E-state index is 0.104. The second kappa shape index (κ2) is 4.49. The third kappa shape index (κ3) is 2.59. The summed E-state index contributed by atoms with van der Waals surface area (Å²) in [5, 5.41) is 2.89. The van der Waals surface area contributed by atoms with Crippen molar-refractivity contribution in [1.29, 1.82) is 0 Å². The lowest BCUT2D eigenvalue weighted by atomic mass is 10.1. The molecule has 1 aromatic heterocycles. The van der Waals surface area contributed by atoms with Gasteiger partial charge in [-0.25, -0.2) is 0 Å². The van der Waals surface area contributed by atoms with Crippen molar-refractivity contribution < 1.29 is 9.21 Å². The first kappa shape index (κ1) is 10.2. The second-order valence-electron chi connectivity index (χ2n) is 4.12. The maximum absolute atomic E-state index is 11.7. The first-order valence-corrected chi connectivity index (χ1v) is 5.30. The standard InChI is InChI=1S/C11H16N2O2/c12-10-2-1-9(5-10)11(14)13-6-8-3-4-15-7-8/h3-4,7,9-10H,1-2,5-6,12H2,(H,13,14). The lowest BCUT2D eigenvalue weighted by molar-refractivity contribution is -0.125. The van der Waals surface area contributed by atoms with Gasteiger partial charge in [0.1, 0.15) is 0 Å². The number of carbonyl (C=O) groups excluding carboxylic acids is 1. The van der Waals surface area contributed by atoms with Crippen LogP contribution < -0.4 is 11.1 Å². The van der Waals surface area contributed by atoms with Gasteiger partial charge in [0.05, 0.1) is 12.5 Å². The number of hydrogen-bond acceptors (Lipinski definition) is 3. The van der Waals surface area contributed by atoms with Crippen LogP contribution in [0, 0.1) is 5.92 Å². The van der Waals surface area contributed by atoms with Crippen molar-refractivity contribution in [2.24, 2.45) is 11.7 Å². The molecular formula is C11H16N2O2. The summed E-state index contributed by atoms with van der Waals surface area (Å²) in [6, 6.07) is 2.05. The van der Waals surface area contributed by atoms with Gasteiger partial charge >= 0.3 is 0 Å². The van der Waals surface area contributed by atoms with E-state index in [1.54, 1.807) is 12.5 Å². The zero-order valence-electron chi connectivity index (χ0n) is 8.61. The molecular weight excluding hydrogens is 192 g/mol. The average molecular weight is 208 g/mol. The molecule has 0 aromatic carbocycles. The Kier molecular flexibility index (Phi) is 3.06. The summed E-state index contributed by atoms with van der Waals surface area (Å²) in [5.74, 6) is 0.219. The molecule has 4 nitrogen and oxygen atoms in total. The first-order valence-electron chi connectivity index (χ1n) is 5.30. The molecule has 15 heavy (non-hydrogen) atoms. The molecule has 1 aromatic rings. The minimum Gasteiger partial charge on any atom is -0.472 e. The Bertz CT molecular complexity index is 321. The van der Waals surface area contributed by atoms with Crippen LogP contribution in [0.3, 0.4) is 0 Å². The maximum Gasteiger partial charge on any atom is 0.223 e. The summed E-state index contributed by atoms with van der Waals surface area (Å²) in [6.45, 7) is 0.543. The molecule has 82 valence electrons. The van der Waals surface area contributed by atoms with Crippen LogP contribution in [-0.2, 0) is 11.3 Å². The summed E-state index contributed by atoms with van der Waals surface area (Å²) < 4.78 is 4.92. The molecule has 0 aliphatic heterocycles. The van der Waals surface area contributed by atoms with Gasteiger partial charge < -0.3 is 15.5 Å². The molecule has 2 atom stereocenters. The molecule has 0 saturated heterocycles. The quantitative estimate of drug-likeness (QED) is 0.779. The highest BCUT2D eigenvalue weighted by atomic mass is 16.3. The van der Waals surface area contributed by atoms with E-state index in [9.17, 15) is 4.79 Å². The van der Waals surface area contributed by atoms with E-state index in [0.29, 0.717) is 6.54 Å². The Balaban J connectivity index is 1.78. The van der Waals surface area contributed by atoms with Crippen LogP contribution in [0.15, 0.2) is 23.0 Å². The predicted octanol–water partition coefficient (Wildman–Crippen LogP) is 1.02. The number of rotatable bonds is 3. The summed E-state index contributed by atoms with van der Waals surface area (Å²) in [5.41, 5.74) is 6.75. The van der Waals surface area contributed by atoms with Crippen molar-refractivity contribution in [3.63, 3.8) is 0 Å². The molecule has 1 heterocycles. The maximum atomic E-state index is 11.7. The van der Waals surface area contributed by atoms with Gasteiger partial charge in [0, 0.05) is 24.1 Å². The first-order chi connectivity index (χ1) is 7.25. The largest absolute Gasteiger partial charge is 0.472 e. The van der Waals surface area contributed by atoms with Gasteiger partial charge in [-0.1, -0.05) is 0 Å². The SMILES string of the molecule is NC1CCC(C(=O)NCc2ccoc2)C1. The van der Waals surface area contributed by atoms with Crippen LogP contribution in [0.1, 0.15) is 24.8 Å². The van der Waals surface area contributed by atoms with E-state index < -0.39 is 0 Å². The number of carbonyl (C=O) groups is 1. The number of furan rings is 1. The van der Waals surface area contributed by atoms with Crippen LogP contribution in [-0.4, -0.2) is 11.9 Å². The van der Waals surface area contributed by atoms with Crippen molar-refractivity contribution in [3.05, 3.63) is 24.2 Å². The number of hydrogen-bond donors (Lipinski definition) is 2. The van der Waals surface area contributed by atoms with Gasteiger partial charge in [0.2, 0.25) is 5.91 Å². The van der Waals surface area contributed by atoms with E-state index in [1.165, 1.54) is 0 Å². The highest BCUT2D eigenvalue weighted by Crippen LogP contribution is 2.24. The molecule has 1 fully saturated rings. The van der Waals surface area contributed by atoms with Crippen molar-refractivity contribution in [2.75, 3.05) is 0 Å². The molecule has 0 spiro atoms. The van der Waals surface area contributed by atoms with Gasteiger partial charge in [-0.3, -0.25) is 4.79 Å². The second-order valence-corrected chi connectivity index (χ2v) is 4.12. The topological polar surface area (TPSA) is 68.3 Å². The van der Waals surface area contributed by atoms with Crippen LogP contribution >= 0.6 is 0 Å². The molecule has 3 N–H and O–H groups in total. The van der Waals surface area contributed by atoms with E-state index in [2.05, 4.69) is 5.32 Å². The van der Waals surface area contributed by atoms with Crippen LogP contribution in [0.2, 0.25) is 0 Å². The van der Waals surface area contributed by atoms with Crippen LogP contribution in [0.4, 0.5) is 0 Å². The fourth-order valence-corrected chi connectivity index (χ4v) is 1.98. The molecule has 0 bridgehead atoms. The third-order valence-corrected chi connectivity index (χ3v) is 2.89. The van der Waals surface area contributed by atoms with Crippen LogP contribution in [0.5, 0.6) is 0 Å². The molecule has 1 saturated carbocycles. The summed E-state index contributed by atoms with van der Waals surface area (Å²) >= 11 is 0. The summed E-state index contributed by atoms with van der Waals surface area (Å²) in [6.07, 6.45) is 5.94. The molecule has 1 aliphatic rings. The minimum absolute atomic E-state index is 0.104. The van der Waals surface area contributed by atoms with E-state index in [4.69, 9.17) is 10.2 Å². The predicted molar refractivity (Wildman–Crippen MR) is 55.9 cm³/mol.